The second-order valence-corrected chi connectivity index (χ2v) is 6.45. The third-order valence-corrected chi connectivity index (χ3v) is 5.40. The van der Waals surface area contributed by atoms with Crippen molar-refractivity contribution in [3.8, 4) is 0 Å². The molecule has 1 amide bonds. The lowest BCUT2D eigenvalue weighted by Gasteiger charge is -2.52. The van der Waals surface area contributed by atoms with Gasteiger partial charge in [0.25, 0.3) is 0 Å². The van der Waals surface area contributed by atoms with Crippen LogP contribution in [0, 0.1) is 5.41 Å². The number of nitrogens with one attached hydrogen (secondary N) is 1. The second kappa shape index (κ2) is 6.18. The van der Waals surface area contributed by atoms with Crippen LogP contribution in [0.1, 0.15) is 50.5 Å². The van der Waals surface area contributed by atoms with E-state index in [-0.39, 0.29) is 11.8 Å². The van der Waals surface area contributed by atoms with Crippen LogP contribution in [0.4, 0.5) is 0 Å². The van der Waals surface area contributed by atoms with Crippen LogP contribution in [0.5, 0.6) is 0 Å². The highest BCUT2D eigenvalue weighted by Crippen LogP contribution is 2.48. The summed E-state index contributed by atoms with van der Waals surface area (Å²) in [6, 6.07) is 10.5. The van der Waals surface area contributed by atoms with Crippen LogP contribution >= 0.6 is 0 Å². The summed E-state index contributed by atoms with van der Waals surface area (Å²) >= 11 is 0. The molecule has 114 valence electrons. The van der Waals surface area contributed by atoms with Gasteiger partial charge in [0.05, 0.1) is 5.92 Å². The highest BCUT2D eigenvalue weighted by Gasteiger charge is 2.48. The molecule has 0 bridgehead atoms. The number of benzene rings is 1. The van der Waals surface area contributed by atoms with Crippen molar-refractivity contribution >= 4 is 5.91 Å². The van der Waals surface area contributed by atoms with E-state index < -0.39 is 0 Å². The van der Waals surface area contributed by atoms with Crippen LogP contribution in [0.25, 0.3) is 0 Å². The van der Waals surface area contributed by atoms with E-state index in [1.165, 1.54) is 6.42 Å². The molecule has 21 heavy (non-hydrogen) atoms. The Balaban J connectivity index is 1.65. The fraction of sp³-hybridized carbons (Fsp3) is 0.611. The molecule has 0 aromatic heterocycles. The Morgan fingerprint density at radius 2 is 2.00 bits per heavy atom. The molecule has 2 fully saturated rings. The first kappa shape index (κ1) is 14.6. The van der Waals surface area contributed by atoms with Gasteiger partial charge in [-0.2, -0.15) is 0 Å². The summed E-state index contributed by atoms with van der Waals surface area (Å²) in [5.41, 5.74) is 1.45. The topological polar surface area (TPSA) is 38.3 Å². The smallest absolute Gasteiger partial charge is 0.227 e. The Kier molecular flexibility index (Phi) is 4.29. The molecule has 1 heterocycles. The fourth-order valence-electron chi connectivity index (χ4n) is 3.83. The standard InChI is InChI=1S/C18H25NO2/c1-2-15(14-6-4-3-5-7-14)17(20)19-16-8-9-18(16)10-12-21-13-11-18/h3-7,15-16H,2,8-13H2,1H3,(H,19,20). The third-order valence-electron chi connectivity index (χ3n) is 5.40. The number of hydrogen-bond donors (Lipinski definition) is 1. The summed E-state index contributed by atoms with van der Waals surface area (Å²) in [6.45, 7) is 3.78. The van der Waals surface area contributed by atoms with Crippen LogP contribution in [0.15, 0.2) is 30.3 Å². The van der Waals surface area contributed by atoms with Crippen LogP contribution in [0.3, 0.4) is 0 Å². The van der Waals surface area contributed by atoms with Gasteiger partial charge in [-0.1, -0.05) is 37.3 Å². The Morgan fingerprint density at radius 3 is 2.57 bits per heavy atom. The van der Waals surface area contributed by atoms with Crippen molar-refractivity contribution in [3.63, 3.8) is 0 Å². The number of hydrogen-bond acceptors (Lipinski definition) is 2. The summed E-state index contributed by atoms with van der Waals surface area (Å²) in [4.78, 5) is 12.7. The van der Waals surface area contributed by atoms with Gasteiger partial charge in [0.15, 0.2) is 0 Å². The van der Waals surface area contributed by atoms with Gasteiger partial charge in [-0.15, -0.1) is 0 Å². The van der Waals surface area contributed by atoms with Gasteiger partial charge in [-0.05, 0) is 43.1 Å². The minimum atomic E-state index is -0.0244. The van der Waals surface area contributed by atoms with Crippen molar-refractivity contribution in [2.75, 3.05) is 13.2 Å². The molecule has 3 nitrogen and oxygen atoms in total. The monoisotopic (exact) mass is 287 g/mol. The predicted molar refractivity (Wildman–Crippen MR) is 83.1 cm³/mol. The summed E-state index contributed by atoms with van der Waals surface area (Å²) in [6.07, 6.45) is 5.40. The first-order valence-electron chi connectivity index (χ1n) is 8.18. The number of carbonyl (C=O) groups is 1. The van der Waals surface area contributed by atoms with Crippen LogP contribution < -0.4 is 5.32 Å². The largest absolute Gasteiger partial charge is 0.381 e. The zero-order valence-electron chi connectivity index (χ0n) is 12.8. The number of ether oxygens (including phenoxy) is 1. The minimum Gasteiger partial charge on any atom is -0.381 e. The maximum Gasteiger partial charge on any atom is 0.227 e. The lowest BCUT2D eigenvalue weighted by atomic mass is 9.60. The molecular weight excluding hydrogens is 262 g/mol. The van der Waals surface area contributed by atoms with Crippen molar-refractivity contribution in [3.05, 3.63) is 35.9 Å². The lowest BCUT2D eigenvalue weighted by Crippen LogP contribution is -2.57. The number of carbonyl (C=O) groups excluding carboxylic acids is 1. The third kappa shape index (κ3) is 2.84. The predicted octanol–water partition coefficient (Wildman–Crippen LogP) is 3.26. The second-order valence-electron chi connectivity index (χ2n) is 6.45. The number of amides is 1. The molecule has 1 aliphatic heterocycles. The summed E-state index contributed by atoms with van der Waals surface area (Å²) in [5, 5.41) is 3.33. The molecule has 1 N–H and O–H groups in total. The van der Waals surface area contributed by atoms with Gasteiger partial charge in [0, 0.05) is 19.3 Å². The van der Waals surface area contributed by atoms with Crippen LogP contribution in [-0.2, 0) is 9.53 Å². The van der Waals surface area contributed by atoms with Gasteiger partial charge in [-0.3, -0.25) is 4.79 Å². The van der Waals surface area contributed by atoms with E-state index in [4.69, 9.17) is 4.74 Å². The number of rotatable bonds is 4. The molecule has 1 saturated carbocycles. The lowest BCUT2D eigenvalue weighted by molar-refractivity contribution is -0.128. The normalized spacial score (nSPS) is 25.1. The summed E-state index contributed by atoms with van der Waals surface area (Å²) in [5.74, 6) is 0.169. The quantitative estimate of drug-likeness (QED) is 0.923. The molecule has 1 saturated heterocycles. The molecular formula is C18H25NO2. The molecule has 2 unspecified atom stereocenters. The maximum atomic E-state index is 12.7. The van der Waals surface area contributed by atoms with Gasteiger partial charge >= 0.3 is 0 Å². The van der Waals surface area contributed by atoms with Gasteiger partial charge in [-0.25, -0.2) is 0 Å². The zero-order valence-corrected chi connectivity index (χ0v) is 12.8. The van der Waals surface area contributed by atoms with E-state index in [2.05, 4.69) is 24.4 Å². The molecule has 1 aromatic carbocycles. The maximum absolute atomic E-state index is 12.7. The fourth-order valence-corrected chi connectivity index (χ4v) is 3.83. The van der Waals surface area contributed by atoms with E-state index in [1.54, 1.807) is 0 Å². The van der Waals surface area contributed by atoms with Crippen LogP contribution in [0.2, 0.25) is 0 Å². The van der Waals surface area contributed by atoms with Crippen molar-refractivity contribution in [2.45, 2.75) is 51.0 Å². The van der Waals surface area contributed by atoms with Gasteiger partial charge in [0.1, 0.15) is 0 Å². The molecule has 2 atom stereocenters. The highest BCUT2D eigenvalue weighted by atomic mass is 16.5. The van der Waals surface area contributed by atoms with E-state index in [0.717, 1.165) is 44.5 Å². The zero-order chi connectivity index (χ0) is 14.7. The first-order chi connectivity index (χ1) is 10.2. The molecule has 3 heteroatoms. The Morgan fingerprint density at radius 1 is 1.29 bits per heavy atom. The van der Waals surface area contributed by atoms with Crippen LogP contribution in [-0.4, -0.2) is 25.2 Å². The summed E-state index contributed by atoms with van der Waals surface area (Å²) in [7, 11) is 0. The molecule has 0 radical (unpaired) electrons. The molecule has 1 aromatic rings. The minimum absolute atomic E-state index is 0.0244. The molecule has 3 rings (SSSR count). The van der Waals surface area contributed by atoms with Crippen molar-refractivity contribution in [1.29, 1.82) is 0 Å². The van der Waals surface area contributed by atoms with Crippen molar-refractivity contribution in [2.24, 2.45) is 5.41 Å². The van der Waals surface area contributed by atoms with Crippen molar-refractivity contribution in [1.82, 2.24) is 5.32 Å². The van der Waals surface area contributed by atoms with Crippen molar-refractivity contribution < 1.29 is 9.53 Å². The molecule has 1 aliphatic carbocycles. The Bertz CT molecular complexity index is 479. The highest BCUT2D eigenvalue weighted by molar-refractivity contribution is 5.84. The Labute approximate surface area is 127 Å². The Hall–Kier alpha value is -1.35. The average molecular weight is 287 g/mol. The SMILES string of the molecule is CCC(C(=O)NC1CCC12CCOCC2)c1ccccc1. The van der Waals surface area contributed by atoms with E-state index >= 15 is 0 Å². The molecule has 2 aliphatic rings. The van der Waals surface area contributed by atoms with Gasteiger partial charge < -0.3 is 10.1 Å². The first-order valence-corrected chi connectivity index (χ1v) is 8.18. The summed E-state index contributed by atoms with van der Waals surface area (Å²) < 4.78 is 5.48. The molecule has 1 spiro atoms. The van der Waals surface area contributed by atoms with E-state index in [9.17, 15) is 4.79 Å². The van der Waals surface area contributed by atoms with E-state index in [0.29, 0.717) is 11.5 Å². The average Bonchev–Trinajstić information content (AvgIpc) is 2.54. The van der Waals surface area contributed by atoms with Gasteiger partial charge in [0.2, 0.25) is 5.91 Å². The van der Waals surface area contributed by atoms with E-state index in [1.807, 2.05) is 18.2 Å².